The Kier molecular flexibility index (Phi) is 4.19. The predicted octanol–water partition coefficient (Wildman–Crippen LogP) is 2.19. The zero-order valence-electron chi connectivity index (χ0n) is 13.1. The van der Waals surface area contributed by atoms with Crippen LogP contribution in [0.4, 0.5) is 0 Å². The molecule has 1 unspecified atom stereocenters. The molecule has 2 rings (SSSR count). The number of nitrogens with zero attached hydrogens (tertiary/aromatic N) is 2. The van der Waals surface area contributed by atoms with Gasteiger partial charge in [0.15, 0.2) is 9.84 Å². The van der Waals surface area contributed by atoms with Crippen LogP contribution in [0.2, 0.25) is 0 Å². The minimum Gasteiger partial charge on any atom is -0.337 e. The highest BCUT2D eigenvalue weighted by atomic mass is 32.2. The highest BCUT2D eigenvalue weighted by molar-refractivity contribution is 7.93. The van der Waals surface area contributed by atoms with Crippen LogP contribution >= 0.6 is 11.3 Å². The molecular formula is C14H22N2O3S2. The van der Waals surface area contributed by atoms with E-state index in [0.717, 1.165) is 10.7 Å². The molecule has 0 aromatic carbocycles. The summed E-state index contributed by atoms with van der Waals surface area (Å²) in [5.41, 5.74) is 0.727. The molecule has 0 spiro atoms. The van der Waals surface area contributed by atoms with E-state index in [0.29, 0.717) is 17.8 Å². The van der Waals surface area contributed by atoms with E-state index in [1.165, 1.54) is 11.3 Å². The summed E-state index contributed by atoms with van der Waals surface area (Å²) in [7, 11) is -3.24. The maximum absolute atomic E-state index is 12.5. The second kappa shape index (κ2) is 5.35. The number of aromatic nitrogens is 1. The Morgan fingerprint density at radius 3 is 2.43 bits per heavy atom. The fraction of sp³-hybridized carbons (Fsp3) is 0.714. The average Bonchev–Trinajstić information content (AvgIpc) is 2.94. The fourth-order valence-corrected chi connectivity index (χ4v) is 5.22. The Morgan fingerprint density at radius 2 is 1.95 bits per heavy atom. The van der Waals surface area contributed by atoms with Gasteiger partial charge >= 0.3 is 0 Å². The monoisotopic (exact) mass is 330 g/mol. The van der Waals surface area contributed by atoms with Gasteiger partial charge in [0.05, 0.1) is 20.7 Å². The van der Waals surface area contributed by atoms with Gasteiger partial charge in [-0.3, -0.25) is 4.79 Å². The Morgan fingerprint density at radius 1 is 1.33 bits per heavy atom. The number of hydrogen-bond donors (Lipinski definition) is 0. The van der Waals surface area contributed by atoms with Gasteiger partial charge in [0.25, 0.3) is 5.91 Å². The van der Waals surface area contributed by atoms with E-state index in [2.05, 4.69) is 4.98 Å². The van der Waals surface area contributed by atoms with Crippen molar-refractivity contribution in [3.63, 3.8) is 0 Å². The molecule has 1 aromatic rings. The second-order valence-corrected chi connectivity index (χ2v) is 10.7. The lowest BCUT2D eigenvalue weighted by molar-refractivity contribution is 0.0797. The van der Waals surface area contributed by atoms with Gasteiger partial charge in [0.1, 0.15) is 4.88 Å². The van der Waals surface area contributed by atoms with E-state index in [-0.39, 0.29) is 12.5 Å². The van der Waals surface area contributed by atoms with E-state index in [1.54, 1.807) is 25.7 Å². The minimum absolute atomic E-state index is 0.0929. The molecule has 0 bridgehead atoms. The molecule has 0 aliphatic carbocycles. The van der Waals surface area contributed by atoms with Crippen LogP contribution in [0.15, 0.2) is 0 Å². The molecule has 5 nitrogen and oxygen atoms in total. The van der Waals surface area contributed by atoms with Crippen LogP contribution in [0.25, 0.3) is 0 Å². The topological polar surface area (TPSA) is 67.3 Å². The summed E-state index contributed by atoms with van der Waals surface area (Å²) >= 11 is 1.37. The Hall–Kier alpha value is -0.950. The van der Waals surface area contributed by atoms with E-state index in [1.807, 2.05) is 13.8 Å². The smallest absolute Gasteiger partial charge is 0.265 e. The molecule has 1 fully saturated rings. The maximum Gasteiger partial charge on any atom is 0.265 e. The van der Waals surface area contributed by atoms with E-state index >= 15 is 0 Å². The molecule has 0 saturated carbocycles. The standard InChI is InChI=1S/C14H22N2O3S2/c1-9-12(20-10(2)15-9)13(17)16-7-6-11(8-16)21(18,19)14(3,4)5/h11H,6-8H2,1-5H3. The second-order valence-electron chi connectivity index (χ2n) is 6.47. The molecule has 1 aliphatic heterocycles. The van der Waals surface area contributed by atoms with Crippen molar-refractivity contribution in [3.8, 4) is 0 Å². The molecule has 1 saturated heterocycles. The van der Waals surface area contributed by atoms with Crippen LogP contribution in [0, 0.1) is 13.8 Å². The number of thiazole rings is 1. The number of amides is 1. The van der Waals surface area contributed by atoms with Crippen molar-refractivity contribution in [1.29, 1.82) is 0 Å². The first kappa shape index (κ1) is 16.4. The molecule has 1 aromatic heterocycles. The molecule has 0 N–H and O–H groups in total. The molecular weight excluding hydrogens is 308 g/mol. The third-order valence-electron chi connectivity index (χ3n) is 3.82. The van der Waals surface area contributed by atoms with Gasteiger partial charge in [-0.2, -0.15) is 0 Å². The van der Waals surface area contributed by atoms with Crippen molar-refractivity contribution < 1.29 is 13.2 Å². The number of aryl methyl sites for hydroxylation is 2. The molecule has 21 heavy (non-hydrogen) atoms. The van der Waals surface area contributed by atoms with Crippen molar-refractivity contribution >= 4 is 27.1 Å². The summed E-state index contributed by atoms with van der Waals surface area (Å²) in [6.45, 7) is 9.60. The number of sulfone groups is 1. The highest BCUT2D eigenvalue weighted by Crippen LogP contribution is 2.29. The van der Waals surface area contributed by atoms with E-state index < -0.39 is 19.8 Å². The molecule has 1 atom stereocenters. The van der Waals surface area contributed by atoms with Gasteiger partial charge in [0.2, 0.25) is 0 Å². The average molecular weight is 330 g/mol. The molecule has 1 amide bonds. The molecule has 2 heterocycles. The summed E-state index contributed by atoms with van der Waals surface area (Å²) in [5, 5.41) is 0.393. The highest BCUT2D eigenvalue weighted by Gasteiger charge is 2.42. The SMILES string of the molecule is Cc1nc(C)c(C(=O)N2CCC(S(=O)(=O)C(C)(C)C)C2)s1. The number of carbonyl (C=O) groups excluding carboxylic acids is 1. The summed E-state index contributed by atoms with van der Waals surface area (Å²) < 4.78 is 24.2. The van der Waals surface area contributed by atoms with Crippen LogP contribution in [-0.2, 0) is 9.84 Å². The fourth-order valence-electron chi connectivity index (χ4n) is 2.54. The van der Waals surface area contributed by atoms with Crippen molar-refractivity contribution in [1.82, 2.24) is 9.88 Å². The third kappa shape index (κ3) is 2.99. The summed E-state index contributed by atoms with van der Waals surface area (Å²) in [5.74, 6) is -0.0929. The largest absolute Gasteiger partial charge is 0.337 e. The molecule has 1 aliphatic rings. The van der Waals surface area contributed by atoms with Gasteiger partial charge in [0, 0.05) is 13.1 Å². The van der Waals surface area contributed by atoms with Crippen molar-refractivity contribution in [2.45, 2.75) is 51.0 Å². The normalized spacial score (nSPS) is 20.0. The Labute approximate surface area is 130 Å². The van der Waals surface area contributed by atoms with Gasteiger partial charge in [-0.05, 0) is 41.0 Å². The number of likely N-dealkylation sites (tertiary alicyclic amines) is 1. The maximum atomic E-state index is 12.5. The number of hydrogen-bond acceptors (Lipinski definition) is 5. The predicted molar refractivity (Wildman–Crippen MR) is 84.6 cm³/mol. The Balaban J connectivity index is 2.17. The quantitative estimate of drug-likeness (QED) is 0.833. The molecule has 0 radical (unpaired) electrons. The lowest BCUT2D eigenvalue weighted by Gasteiger charge is -2.24. The third-order valence-corrected chi connectivity index (χ3v) is 7.85. The number of carbonyl (C=O) groups is 1. The van der Waals surface area contributed by atoms with Crippen LogP contribution in [0.1, 0.15) is 47.6 Å². The first-order chi connectivity index (χ1) is 9.54. The first-order valence-corrected chi connectivity index (χ1v) is 9.37. The lowest BCUT2D eigenvalue weighted by Crippen LogP contribution is -2.39. The van der Waals surface area contributed by atoms with Crippen molar-refractivity contribution in [2.75, 3.05) is 13.1 Å². The van der Waals surface area contributed by atoms with E-state index in [9.17, 15) is 13.2 Å². The van der Waals surface area contributed by atoms with Gasteiger partial charge in [-0.1, -0.05) is 0 Å². The van der Waals surface area contributed by atoms with Gasteiger partial charge < -0.3 is 4.90 Å². The van der Waals surface area contributed by atoms with Crippen molar-refractivity contribution in [3.05, 3.63) is 15.6 Å². The van der Waals surface area contributed by atoms with Gasteiger partial charge in [-0.25, -0.2) is 13.4 Å². The van der Waals surface area contributed by atoms with E-state index in [4.69, 9.17) is 0 Å². The van der Waals surface area contributed by atoms with Crippen LogP contribution in [-0.4, -0.2) is 47.3 Å². The summed E-state index contributed by atoms with van der Waals surface area (Å²) in [4.78, 5) is 19.0. The number of rotatable bonds is 2. The zero-order chi connectivity index (χ0) is 16.0. The van der Waals surface area contributed by atoms with Crippen LogP contribution < -0.4 is 0 Å². The summed E-state index contributed by atoms with van der Waals surface area (Å²) in [6.07, 6.45) is 0.516. The van der Waals surface area contributed by atoms with Gasteiger partial charge in [-0.15, -0.1) is 11.3 Å². The van der Waals surface area contributed by atoms with Crippen molar-refractivity contribution in [2.24, 2.45) is 0 Å². The van der Waals surface area contributed by atoms with Crippen LogP contribution in [0.3, 0.4) is 0 Å². The van der Waals surface area contributed by atoms with Crippen LogP contribution in [0.5, 0.6) is 0 Å². The Bertz CT molecular complexity index is 656. The first-order valence-electron chi connectivity index (χ1n) is 7.01. The zero-order valence-corrected chi connectivity index (χ0v) is 14.8. The molecule has 7 heteroatoms. The minimum atomic E-state index is -3.24. The molecule has 118 valence electrons. The summed E-state index contributed by atoms with van der Waals surface area (Å²) in [6, 6.07) is 0. The lowest BCUT2D eigenvalue weighted by atomic mass is 10.3.